The van der Waals surface area contributed by atoms with E-state index in [0.717, 1.165) is 27.1 Å². The molecule has 4 N–H and O–H groups in total. The summed E-state index contributed by atoms with van der Waals surface area (Å²) in [6.45, 7) is 8.08. The van der Waals surface area contributed by atoms with Crippen molar-refractivity contribution in [3.63, 3.8) is 0 Å². The molecule has 0 radical (unpaired) electrons. The Hall–Kier alpha value is -1.65. The van der Waals surface area contributed by atoms with Crippen LogP contribution in [0.5, 0.6) is 0 Å². The lowest BCUT2D eigenvalue weighted by Crippen LogP contribution is -2.49. The van der Waals surface area contributed by atoms with Gasteiger partial charge >= 0.3 is 0 Å². The molecule has 0 saturated carbocycles. The second kappa shape index (κ2) is 7.06. The molecule has 0 amide bonds. The number of aliphatic hydroxyl groups excluding tert-OH is 1. The second-order valence-electron chi connectivity index (χ2n) is 8.60. The molecule has 0 heterocycles. The van der Waals surface area contributed by atoms with Crippen LogP contribution in [-0.4, -0.2) is 22.5 Å². The van der Waals surface area contributed by atoms with E-state index in [1.807, 2.05) is 24.3 Å². The fourth-order valence-electron chi connectivity index (χ4n) is 3.49. The molecule has 2 unspecified atom stereocenters. The van der Waals surface area contributed by atoms with Gasteiger partial charge in [-0.05, 0) is 27.3 Å². The van der Waals surface area contributed by atoms with Gasteiger partial charge in [-0.2, -0.15) is 0 Å². The molecule has 0 aliphatic carbocycles. The molecular weight excluding hydrogens is 358 g/mol. The van der Waals surface area contributed by atoms with Crippen molar-refractivity contribution >= 4 is 33.1 Å². The monoisotopic (exact) mass is 385 g/mol. The highest BCUT2D eigenvalue weighted by atomic mass is 35.5. The third-order valence-corrected chi connectivity index (χ3v) is 5.93. The van der Waals surface area contributed by atoms with E-state index in [2.05, 4.69) is 39.0 Å². The largest absolute Gasteiger partial charge is 0.396 e. The lowest BCUT2D eigenvalue weighted by atomic mass is 9.82. The van der Waals surface area contributed by atoms with Gasteiger partial charge in [-0.3, -0.25) is 0 Å². The summed E-state index contributed by atoms with van der Waals surface area (Å²) in [6.07, 6.45) is 0.233. The Kier molecular flexibility index (Phi) is 5.26. The van der Waals surface area contributed by atoms with Gasteiger partial charge < -0.3 is 15.9 Å². The van der Waals surface area contributed by atoms with Crippen molar-refractivity contribution in [2.24, 2.45) is 11.7 Å². The maximum absolute atomic E-state index is 10.8. The molecule has 144 valence electrons. The summed E-state index contributed by atoms with van der Waals surface area (Å²) >= 11 is 6.74. The number of hydrogen-bond donors (Lipinski definition) is 3. The van der Waals surface area contributed by atoms with Crippen LogP contribution in [0, 0.1) is 5.92 Å². The molecule has 0 fully saturated rings. The second-order valence-corrected chi connectivity index (χ2v) is 8.98. The number of aliphatic hydroxyl groups is 2. The number of halogens is 1. The highest BCUT2D eigenvalue weighted by Gasteiger charge is 2.31. The van der Waals surface area contributed by atoms with Crippen LogP contribution in [0.1, 0.15) is 38.8 Å². The molecule has 0 spiro atoms. The van der Waals surface area contributed by atoms with Crippen LogP contribution in [0.3, 0.4) is 0 Å². The predicted octanol–water partition coefficient (Wildman–Crippen LogP) is 4.76. The Morgan fingerprint density at radius 1 is 1.00 bits per heavy atom. The summed E-state index contributed by atoms with van der Waals surface area (Å²) in [7, 11) is 0. The van der Waals surface area contributed by atoms with Crippen LogP contribution in [-0.2, 0) is 11.8 Å². The van der Waals surface area contributed by atoms with Crippen LogP contribution in [0.2, 0.25) is 5.02 Å². The Balaban J connectivity index is 2.37. The molecule has 0 aliphatic heterocycles. The average Bonchev–Trinajstić information content (AvgIpc) is 2.63. The smallest absolute Gasteiger partial charge is 0.122 e. The van der Waals surface area contributed by atoms with Gasteiger partial charge in [0.15, 0.2) is 0 Å². The maximum Gasteiger partial charge on any atom is 0.122 e. The number of hydrogen-bond acceptors (Lipinski definition) is 3. The van der Waals surface area contributed by atoms with E-state index in [0.29, 0.717) is 5.02 Å². The van der Waals surface area contributed by atoms with E-state index < -0.39 is 11.6 Å². The lowest BCUT2D eigenvalue weighted by Gasteiger charge is -2.30. The van der Waals surface area contributed by atoms with Gasteiger partial charge in [0.2, 0.25) is 0 Å². The summed E-state index contributed by atoms with van der Waals surface area (Å²) in [5.74, 6) is -0.451. The minimum atomic E-state index is -1.52. The molecular formula is C23H28ClNO2. The Bertz CT molecular complexity index is 989. The van der Waals surface area contributed by atoms with Crippen LogP contribution in [0.25, 0.3) is 21.5 Å². The first kappa shape index (κ1) is 20.1. The van der Waals surface area contributed by atoms with Gasteiger partial charge in [0.1, 0.15) is 5.72 Å². The quantitative estimate of drug-likeness (QED) is 0.448. The van der Waals surface area contributed by atoms with E-state index in [-0.39, 0.29) is 18.4 Å². The Labute approximate surface area is 165 Å². The fourth-order valence-corrected chi connectivity index (χ4v) is 3.82. The number of nitrogens with two attached hydrogens (primary N) is 1. The standard InChI is InChI=1S/C23H28ClNO2/c1-14(13-26)23(25,27)12-20-16-7-5-6-8-17(16)21(24)18-10-9-15(11-19(18)20)22(2,3)4/h5-11,14,26-27H,12-13,25H2,1-4H3. The zero-order valence-corrected chi connectivity index (χ0v) is 17.1. The first-order chi connectivity index (χ1) is 12.6. The maximum atomic E-state index is 10.8. The molecule has 2 atom stereocenters. The molecule has 3 nitrogen and oxygen atoms in total. The number of benzene rings is 3. The molecule has 27 heavy (non-hydrogen) atoms. The predicted molar refractivity (Wildman–Crippen MR) is 114 cm³/mol. The van der Waals surface area contributed by atoms with E-state index in [1.165, 1.54) is 5.56 Å². The molecule has 4 heteroatoms. The van der Waals surface area contributed by atoms with Crippen molar-refractivity contribution in [1.82, 2.24) is 0 Å². The van der Waals surface area contributed by atoms with Gasteiger partial charge in [-0.1, -0.05) is 81.8 Å². The zero-order chi connectivity index (χ0) is 20.0. The summed E-state index contributed by atoms with van der Waals surface area (Å²) in [5, 5.41) is 24.9. The SMILES string of the molecule is CC(CO)C(N)(O)Cc1c2ccccc2c(Cl)c2ccc(C(C)(C)C)cc12. The zero-order valence-electron chi connectivity index (χ0n) is 16.4. The molecule has 0 aliphatic rings. The molecule has 0 aromatic heterocycles. The molecule has 3 aromatic carbocycles. The van der Waals surface area contributed by atoms with Crippen LogP contribution >= 0.6 is 11.6 Å². The first-order valence-corrected chi connectivity index (χ1v) is 9.69. The van der Waals surface area contributed by atoms with Crippen molar-refractivity contribution in [1.29, 1.82) is 0 Å². The van der Waals surface area contributed by atoms with Crippen molar-refractivity contribution in [2.75, 3.05) is 6.61 Å². The highest BCUT2D eigenvalue weighted by molar-refractivity contribution is 6.41. The molecule has 3 rings (SSSR count). The third-order valence-electron chi connectivity index (χ3n) is 5.52. The van der Waals surface area contributed by atoms with Crippen LogP contribution in [0.4, 0.5) is 0 Å². The fraction of sp³-hybridized carbons (Fsp3) is 0.391. The number of fused-ring (bicyclic) bond motifs is 2. The van der Waals surface area contributed by atoms with E-state index in [4.69, 9.17) is 17.3 Å². The molecule has 0 saturated heterocycles. The number of rotatable bonds is 4. The minimum absolute atomic E-state index is 0.0129. The Morgan fingerprint density at radius 2 is 1.59 bits per heavy atom. The minimum Gasteiger partial charge on any atom is -0.396 e. The van der Waals surface area contributed by atoms with Gasteiger partial charge in [0.05, 0.1) is 5.02 Å². The van der Waals surface area contributed by atoms with Crippen molar-refractivity contribution in [3.8, 4) is 0 Å². The third kappa shape index (κ3) is 3.70. The van der Waals surface area contributed by atoms with Gasteiger partial charge in [-0.25, -0.2) is 0 Å². The summed E-state index contributed by atoms with van der Waals surface area (Å²) in [5.41, 5.74) is 6.83. The highest BCUT2D eigenvalue weighted by Crippen LogP contribution is 2.39. The van der Waals surface area contributed by atoms with Crippen LogP contribution in [0.15, 0.2) is 42.5 Å². The van der Waals surface area contributed by atoms with Gasteiger partial charge in [0, 0.05) is 29.7 Å². The average molecular weight is 386 g/mol. The molecule has 3 aromatic rings. The lowest BCUT2D eigenvalue weighted by molar-refractivity contribution is -0.0261. The topological polar surface area (TPSA) is 66.5 Å². The van der Waals surface area contributed by atoms with Crippen molar-refractivity contribution in [3.05, 3.63) is 58.6 Å². The summed E-state index contributed by atoms with van der Waals surface area (Å²) < 4.78 is 0. The van der Waals surface area contributed by atoms with E-state index in [9.17, 15) is 10.2 Å². The van der Waals surface area contributed by atoms with E-state index >= 15 is 0 Å². The van der Waals surface area contributed by atoms with Gasteiger partial charge in [-0.15, -0.1) is 0 Å². The first-order valence-electron chi connectivity index (χ1n) is 9.31. The normalized spacial score (nSPS) is 15.9. The summed E-state index contributed by atoms with van der Waals surface area (Å²) in [4.78, 5) is 0. The van der Waals surface area contributed by atoms with Crippen molar-refractivity contribution in [2.45, 2.75) is 45.3 Å². The van der Waals surface area contributed by atoms with Gasteiger partial charge in [0.25, 0.3) is 0 Å². The summed E-state index contributed by atoms with van der Waals surface area (Å²) in [6, 6.07) is 14.2. The van der Waals surface area contributed by atoms with Crippen LogP contribution < -0.4 is 5.73 Å². The van der Waals surface area contributed by atoms with Crippen molar-refractivity contribution < 1.29 is 10.2 Å². The van der Waals surface area contributed by atoms with E-state index in [1.54, 1.807) is 6.92 Å². The molecule has 0 bridgehead atoms. The Morgan fingerprint density at radius 3 is 2.19 bits per heavy atom.